The highest BCUT2D eigenvalue weighted by molar-refractivity contribution is 7.99. The van der Waals surface area contributed by atoms with Crippen LogP contribution in [0.15, 0.2) is 12.1 Å². The van der Waals surface area contributed by atoms with E-state index in [9.17, 15) is 4.79 Å². The first kappa shape index (κ1) is 20.2. The van der Waals surface area contributed by atoms with Gasteiger partial charge < -0.3 is 15.8 Å². The molecule has 3 N–H and O–H groups in total. The van der Waals surface area contributed by atoms with Gasteiger partial charge in [-0.2, -0.15) is 11.8 Å². The van der Waals surface area contributed by atoms with Crippen LogP contribution in [0.1, 0.15) is 30.6 Å². The molecule has 120 valence electrons. The van der Waals surface area contributed by atoms with Crippen molar-refractivity contribution in [2.24, 2.45) is 0 Å². The Balaban J connectivity index is 0.00000400. The minimum atomic E-state index is -0.197. The maximum atomic E-state index is 12.2. The summed E-state index contributed by atoms with van der Waals surface area (Å²) in [5, 5.41) is 3.30. The van der Waals surface area contributed by atoms with E-state index in [0.717, 1.165) is 17.9 Å². The number of methoxy groups -OCH3 is 1. The summed E-state index contributed by atoms with van der Waals surface area (Å²) in [6, 6.07) is 3.20. The van der Waals surface area contributed by atoms with Gasteiger partial charge in [0.2, 0.25) is 0 Å². The molecule has 0 aliphatic carbocycles. The molecule has 1 atom stereocenters. The Bertz CT molecular complexity index is 473. The van der Waals surface area contributed by atoms with Crippen LogP contribution < -0.4 is 15.8 Å². The summed E-state index contributed by atoms with van der Waals surface area (Å²) < 4.78 is 5.18. The van der Waals surface area contributed by atoms with Gasteiger partial charge in [-0.05, 0) is 30.9 Å². The highest BCUT2D eigenvalue weighted by Crippen LogP contribution is 2.28. The van der Waals surface area contributed by atoms with E-state index in [1.165, 1.54) is 7.11 Å². The number of benzene rings is 1. The number of anilines is 1. The van der Waals surface area contributed by atoms with Crippen LogP contribution in [-0.2, 0) is 0 Å². The predicted octanol–water partition coefficient (Wildman–Crippen LogP) is 3.61. The lowest BCUT2D eigenvalue weighted by Crippen LogP contribution is -2.33. The van der Waals surface area contributed by atoms with Crippen molar-refractivity contribution in [3.05, 3.63) is 22.7 Å². The fourth-order valence-corrected chi connectivity index (χ4v) is 2.67. The predicted molar refractivity (Wildman–Crippen MR) is 94.2 cm³/mol. The first-order chi connectivity index (χ1) is 9.49. The van der Waals surface area contributed by atoms with Gasteiger partial charge in [0.25, 0.3) is 5.91 Å². The Kier molecular flexibility index (Phi) is 9.66. The van der Waals surface area contributed by atoms with Crippen LogP contribution in [-0.4, -0.2) is 30.6 Å². The third-order valence-corrected chi connectivity index (χ3v) is 4.10. The summed E-state index contributed by atoms with van der Waals surface area (Å²) in [6.45, 7) is 4.11. The summed E-state index contributed by atoms with van der Waals surface area (Å²) in [6.07, 6.45) is 0.926. The maximum absolute atomic E-state index is 12.2. The molecule has 0 aromatic heterocycles. The average molecular weight is 353 g/mol. The lowest BCUT2D eigenvalue weighted by atomic mass is 10.1. The largest absolute Gasteiger partial charge is 0.496 e. The first-order valence-electron chi connectivity index (χ1n) is 6.51. The second-order valence-corrected chi connectivity index (χ2v) is 6.24. The molecule has 4 nitrogen and oxygen atoms in total. The smallest absolute Gasteiger partial charge is 0.255 e. The number of halogens is 2. The van der Waals surface area contributed by atoms with Crippen LogP contribution >= 0.6 is 35.8 Å². The molecule has 0 spiro atoms. The molecule has 0 saturated carbocycles. The van der Waals surface area contributed by atoms with Gasteiger partial charge in [0.05, 0.1) is 23.4 Å². The topological polar surface area (TPSA) is 64.4 Å². The van der Waals surface area contributed by atoms with Gasteiger partial charge in [0.15, 0.2) is 0 Å². The summed E-state index contributed by atoms with van der Waals surface area (Å²) in [5.74, 6) is 2.34. The fraction of sp³-hybridized carbons (Fsp3) is 0.500. The number of carbonyl (C=O) groups excluding carboxylic acids is 1. The van der Waals surface area contributed by atoms with Crippen LogP contribution in [0, 0.1) is 0 Å². The second-order valence-electron chi connectivity index (χ2n) is 4.43. The number of hydrogen-bond acceptors (Lipinski definition) is 4. The normalized spacial score (nSPS) is 11.4. The van der Waals surface area contributed by atoms with E-state index in [-0.39, 0.29) is 24.4 Å². The van der Waals surface area contributed by atoms with Crippen molar-refractivity contribution in [3.63, 3.8) is 0 Å². The molecule has 0 heterocycles. The molecule has 0 fully saturated rings. The molecule has 7 heteroatoms. The minimum absolute atomic E-state index is 0. The number of carbonyl (C=O) groups is 1. The van der Waals surface area contributed by atoms with Crippen LogP contribution in [0.3, 0.4) is 0 Å². The molecule has 0 aliphatic rings. The Morgan fingerprint density at radius 3 is 2.76 bits per heavy atom. The van der Waals surface area contributed by atoms with E-state index in [0.29, 0.717) is 22.0 Å². The lowest BCUT2D eigenvalue weighted by Gasteiger charge is -2.15. The highest BCUT2D eigenvalue weighted by atomic mass is 35.5. The van der Waals surface area contributed by atoms with Gasteiger partial charge in [-0.15, -0.1) is 12.4 Å². The number of hydrogen-bond donors (Lipinski definition) is 2. The molecule has 0 saturated heterocycles. The van der Waals surface area contributed by atoms with Gasteiger partial charge in [-0.25, -0.2) is 0 Å². The zero-order valence-electron chi connectivity index (χ0n) is 12.4. The third kappa shape index (κ3) is 6.24. The van der Waals surface area contributed by atoms with Crippen molar-refractivity contribution in [2.75, 3.05) is 24.3 Å². The monoisotopic (exact) mass is 352 g/mol. The number of nitrogen functional groups attached to an aromatic ring is 1. The van der Waals surface area contributed by atoms with Crippen LogP contribution in [0.5, 0.6) is 5.75 Å². The lowest BCUT2D eigenvalue weighted by molar-refractivity contribution is 0.0936. The van der Waals surface area contributed by atoms with Gasteiger partial charge >= 0.3 is 0 Å². The Morgan fingerprint density at radius 1 is 1.52 bits per heavy atom. The van der Waals surface area contributed by atoms with E-state index in [4.69, 9.17) is 22.1 Å². The second kappa shape index (κ2) is 10.0. The van der Waals surface area contributed by atoms with Gasteiger partial charge in [-0.3, -0.25) is 4.79 Å². The molecular weight excluding hydrogens is 331 g/mol. The fourth-order valence-electron chi connectivity index (χ4n) is 1.69. The quantitative estimate of drug-likeness (QED) is 0.581. The van der Waals surface area contributed by atoms with Gasteiger partial charge in [-0.1, -0.05) is 18.5 Å². The molecule has 21 heavy (non-hydrogen) atoms. The van der Waals surface area contributed by atoms with E-state index >= 15 is 0 Å². The summed E-state index contributed by atoms with van der Waals surface area (Å²) in [4.78, 5) is 12.2. The summed E-state index contributed by atoms with van der Waals surface area (Å²) in [7, 11) is 1.50. The first-order valence-corrected chi connectivity index (χ1v) is 8.04. The van der Waals surface area contributed by atoms with Crippen molar-refractivity contribution in [1.82, 2.24) is 5.32 Å². The standard InChI is InChI=1S/C14H21ClN2O2S.ClH/c1-4-20-6-5-9(2)17-14(18)10-7-11(15)12(16)8-13(10)19-3;/h7-9H,4-6,16H2,1-3H3,(H,17,18);1H. The zero-order chi connectivity index (χ0) is 15.1. The number of rotatable bonds is 7. The molecule has 1 aromatic rings. The van der Waals surface area contributed by atoms with Crippen molar-refractivity contribution in [2.45, 2.75) is 26.3 Å². The molecule has 0 radical (unpaired) electrons. The van der Waals surface area contributed by atoms with Gasteiger partial charge in [0.1, 0.15) is 5.75 Å². The molecule has 0 bridgehead atoms. The molecule has 1 amide bonds. The van der Waals surface area contributed by atoms with Crippen molar-refractivity contribution in [1.29, 1.82) is 0 Å². The number of nitrogens with two attached hydrogens (primary N) is 1. The van der Waals surface area contributed by atoms with Crippen molar-refractivity contribution >= 4 is 47.4 Å². The van der Waals surface area contributed by atoms with Crippen molar-refractivity contribution in [3.8, 4) is 5.75 Å². The highest BCUT2D eigenvalue weighted by Gasteiger charge is 2.16. The Hall–Kier alpha value is -0.780. The SMILES string of the molecule is CCSCCC(C)NC(=O)c1cc(Cl)c(N)cc1OC.Cl. The summed E-state index contributed by atoms with van der Waals surface area (Å²) >= 11 is 7.82. The number of nitrogens with one attached hydrogen (secondary N) is 1. The van der Waals surface area contributed by atoms with Gasteiger partial charge in [0, 0.05) is 12.1 Å². The Morgan fingerprint density at radius 2 is 2.19 bits per heavy atom. The number of ether oxygens (including phenoxy) is 1. The molecular formula is C14H22Cl2N2O2S. The van der Waals surface area contributed by atoms with Crippen LogP contribution in [0.2, 0.25) is 5.02 Å². The van der Waals surface area contributed by atoms with E-state index in [1.807, 2.05) is 18.7 Å². The maximum Gasteiger partial charge on any atom is 0.255 e. The Labute approximate surface area is 141 Å². The molecule has 1 aromatic carbocycles. The average Bonchev–Trinajstić information content (AvgIpc) is 2.41. The van der Waals surface area contributed by atoms with E-state index < -0.39 is 0 Å². The zero-order valence-corrected chi connectivity index (χ0v) is 14.8. The molecule has 1 rings (SSSR count). The third-order valence-electron chi connectivity index (χ3n) is 2.84. The van der Waals surface area contributed by atoms with E-state index in [2.05, 4.69) is 12.2 Å². The van der Waals surface area contributed by atoms with Crippen molar-refractivity contribution < 1.29 is 9.53 Å². The minimum Gasteiger partial charge on any atom is -0.496 e. The molecule has 0 aliphatic heterocycles. The number of thioether (sulfide) groups is 1. The molecule has 1 unspecified atom stereocenters. The van der Waals surface area contributed by atoms with Crippen LogP contribution in [0.4, 0.5) is 5.69 Å². The van der Waals surface area contributed by atoms with Crippen LogP contribution in [0.25, 0.3) is 0 Å². The summed E-state index contributed by atoms with van der Waals surface area (Å²) in [5.41, 5.74) is 6.50. The number of amides is 1. The van der Waals surface area contributed by atoms with E-state index in [1.54, 1.807) is 12.1 Å².